The van der Waals surface area contributed by atoms with Gasteiger partial charge < -0.3 is 9.84 Å². The number of hydrogen-bond acceptors (Lipinski definition) is 4. The Morgan fingerprint density at radius 2 is 1.65 bits per heavy atom. The summed E-state index contributed by atoms with van der Waals surface area (Å²) in [7, 11) is 0. The van der Waals surface area contributed by atoms with Crippen molar-refractivity contribution < 1.29 is 45.8 Å². The summed E-state index contributed by atoms with van der Waals surface area (Å²) < 4.78 is 87.3. The number of amides is 2. The molecule has 2 saturated heterocycles. The van der Waals surface area contributed by atoms with Gasteiger partial charge in [0.1, 0.15) is 5.75 Å². The highest BCUT2D eigenvalue weighted by atomic mass is 19.4. The summed E-state index contributed by atoms with van der Waals surface area (Å²) in [6.45, 7) is 4.06. The first-order valence-electron chi connectivity index (χ1n) is 14.2. The van der Waals surface area contributed by atoms with E-state index in [2.05, 4.69) is 0 Å². The summed E-state index contributed by atoms with van der Waals surface area (Å²) in [5.41, 5.74) is -0.0772. The summed E-state index contributed by atoms with van der Waals surface area (Å²) in [4.78, 5) is 27.7. The second kappa shape index (κ2) is 11.5. The third-order valence-electron chi connectivity index (χ3n) is 8.69. The van der Waals surface area contributed by atoms with Crippen LogP contribution in [-0.2, 0) is 26.7 Å². The van der Waals surface area contributed by atoms with Crippen molar-refractivity contribution in [2.75, 3.05) is 11.5 Å². The lowest BCUT2D eigenvalue weighted by atomic mass is 9.69. The number of rotatable bonds is 7. The zero-order chi connectivity index (χ0) is 31.3. The molecule has 5 nitrogen and oxygen atoms in total. The largest absolute Gasteiger partial charge is 0.508 e. The number of ether oxygens (including phenoxy) is 1. The van der Waals surface area contributed by atoms with E-state index in [1.807, 2.05) is 26.0 Å². The molecule has 0 unspecified atom stereocenters. The van der Waals surface area contributed by atoms with Crippen molar-refractivity contribution in [2.45, 2.75) is 64.4 Å². The van der Waals surface area contributed by atoms with Crippen LogP contribution in [0.3, 0.4) is 0 Å². The zero-order valence-electron chi connectivity index (χ0n) is 23.6. The number of nitrogens with zero attached hydrogens (tertiary/aromatic N) is 1. The van der Waals surface area contributed by atoms with Gasteiger partial charge in [-0.25, -0.2) is 4.90 Å². The van der Waals surface area contributed by atoms with Crippen LogP contribution in [0, 0.1) is 17.8 Å². The molecule has 0 aromatic heterocycles. The van der Waals surface area contributed by atoms with Crippen molar-refractivity contribution in [1.29, 1.82) is 0 Å². The first kappa shape index (κ1) is 30.8. The molecule has 2 aromatic rings. The van der Waals surface area contributed by atoms with Gasteiger partial charge in [-0.15, -0.1) is 0 Å². The van der Waals surface area contributed by atoms with Gasteiger partial charge in [0.05, 0.1) is 41.4 Å². The highest BCUT2D eigenvalue weighted by Crippen LogP contribution is 2.52. The summed E-state index contributed by atoms with van der Waals surface area (Å²) in [5, 5.41) is 9.78. The third kappa shape index (κ3) is 5.96. The number of benzene rings is 2. The summed E-state index contributed by atoms with van der Waals surface area (Å²) in [5.74, 6) is -3.75. The van der Waals surface area contributed by atoms with Crippen LogP contribution in [0.4, 0.5) is 32.0 Å². The number of anilines is 1. The summed E-state index contributed by atoms with van der Waals surface area (Å²) in [6, 6.07) is 7.71. The molecule has 11 heteroatoms. The van der Waals surface area contributed by atoms with Crippen molar-refractivity contribution in [3.63, 3.8) is 0 Å². The van der Waals surface area contributed by atoms with Crippen LogP contribution in [0.25, 0.3) is 6.08 Å². The van der Waals surface area contributed by atoms with Gasteiger partial charge in [-0.05, 0) is 73.6 Å². The lowest BCUT2D eigenvalue weighted by Gasteiger charge is -2.31. The Balaban J connectivity index is 1.42. The molecule has 1 aliphatic carbocycles. The highest BCUT2D eigenvalue weighted by molar-refractivity contribution is 6.22. The Morgan fingerprint density at radius 3 is 2.23 bits per heavy atom. The zero-order valence-corrected chi connectivity index (χ0v) is 23.6. The topological polar surface area (TPSA) is 66.8 Å². The molecular weight excluding hydrogens is 576 g/mol. The van der Waals surface area contributed by atoms with Gasteiger partial charge in [0.25, 0.3) is 0 Å². The average Bonchev–Trinajstić information content (AvgIpc) is 3.47. The fourth-order valence-electron chi connectivity index (χ4n) is 6.65. The Hall–Kier alpha value is -3.60. The molecule has 3 aliphatic rings. The molecule has 43 heavy (non-hydrogen) atoms. The maximum atomic E-state index is 13.7. The lowest BCUT2D eigenvalue weighted by molar-refractivity contribution is -0.143. The molecular formula is C32H31F6NO4. The van der Waals surface area contributed by atoms with E-state index in [0.717, 1.165) is 28.7 Å². The lowest BCUT2D eigenvalue weighted by Crippen LogP contribution is -2.34. The predicted molar refractivity (Wildman–Crippen MR) is 147 cm³/mol. The number of phenolic OH excluding ortho intramolecular Hbond substituents is 1. The van der Waals surface area contributed by atoms with Crippen LogP contribution >= 0.6 is 0 Å². The van der Waals surface area contributed by atoms with Gasteiger partial charge in [0.15, 0.2) is 0 Å². The molecule has 0 spiro atoms. The maximum absolute atomic E-state index is 13.7. The van der Waals surface area contributed by atoms with Crippen molar-refractivity contribution in [3.8, 4) is 5.75 Å². The molecule has 2 aliphatic heterocycles. The molecule has 1 N–H and O–H groups in total. The van der Waals surface area contributed by atoms with Crippen molar-refractivity contribution in [3.05, 3.63) is 75.9 Å². The third-order valence-corrected chi connectivity index (χ3v) is 8.69. The van der Waals surface area contributed by atoms with Gasteiger partial charge >= 0.3 is 12.4 Å². The van der Waals surface area contributed by atoms with Gasteiger partial charge in [-0.2, -0.15) is 26.3 Å². The molecule has 0 radical (unpaired) electrons. The number of fused-ring (bicyclic) bond motifs is 3. The number of aromatic hydroxyl groups is 1. The smallest absolute Gasteiger partial charge is 0.416 e. The van der Waals surface area contributed by atoms with Crippen LogP contribution in [-0.4, -0.2) is 29.6 Å². The standard InChI is InChI=1S/C32H31F6NO4/c1-3-17(10-18-6-5-7-23(40)11-18)8-9-26-27-19(4-2)12-24-28(25(27)16-43-26)30(42)39(29(24)41)22-14-20(31(33,34)35)13-21(15-22)32(36,37)38/h5-7,10-11,13-15,24-26,28,40H,3-4,8-9,12,16H2,1-2H3/b17-10+/t24-,25+,26-,28-/m1/s1. The molecule has 2 amide bonds. The van der Waals surface area contributed by atoms with Crippen LogP contribution in [0.2, 0.25) is 0 Å². The van der Waals surface area contributed by atoms with E-state index in [1.165, 1.54) is 0 Å². The van der Waals surface area contributed by atoms with Crippen molar-refractivity contribution >= 4 is 23.6 Å². The molecule has 2 heterocycles. The number of alkyl halides is 6. The van der Waals surface area contributed by atoms with Crippen molar-refractivity contribution in [1.82, 2.24) is 0 Å². The highest BCUT2D eigenvalue weighted by Gasteiger charge is 2.57. The molecule has 2 aromatic carbocycles. The van der Waals surface area contributed by atoms with E-state index in [9.17, 15) is 41.0 Å². The number of allylic oxidation sites excluding steroid dienone is 2. The Morgan fingerprint density at radius 1 is 0.977 bits per heavy atom. The first-order valence-corrected chi connectivity index (χ1v) is 14.2. The van der Waals surface area contributed by atoms with E-state index in [-0.39, 0.29) is 30.9 Å². The normalized spacial score (nSPS) is 24.6. The Bertz CT molecular complexity index is 1460. The number of phenols is 1. The second-order valence-electron chi connectivity index (χ2n) is 11.2. The minimum atomic E-state index is -5.11. The summed E-state index contributed by atoms with van der Waals surface area (Å²) >= 11 is 0. The van der Waals surface area contributed by atoms with Gasteiger partial charge in [0, 0.05) is 5.92 Å². The molecule has 2 fully saturated rings. The van der Waals surface area contributed by atoms with Crippen LogP contribution < -0.4 is 4.90 Å². The number of halogens is 6. The predicted octanol–water partition coefficient (Wildman–Crippen LogP) is 7.93. The number of carbonyl (C=O) groups excluding carboxylic acids is 2. The van der Waals surface area contributed by atoms with E-state index < -0.39 is 58.7 Å². The minimum Gasteiger partial charge on any atom is -0.508 e. The van der Waals surface area contributed by atoms with E-state index in [0.29, 0.717) is 36.3 Å². The molecule has 5 rings (SSSR count). The van der Waals surface area contributed by atoms with Crippen LogP contribution in [0.15, 0.2) is 59.2 Å². The van der Waals surface area contributed by atoms with Gasteiger partial charge in [-0.3, -0.25) is 9.59 Å². The number of hydrogen-bond donors (Lipinski definition) is 1. The SMILES string of the molecule is CCC1=C2[C@@H](CC/C(=C/c3cccc(O)c3)CC)OC[C@@H]2[C@@H]2C(=O)N(c3cc(C(F)(F)F)cc(C(F)(F)F)c3)C(=O)[C@@H]2C1. The van der Waals surface area contributed by atoms with Crippen LogP contribution in [0.1, 0.15) is 62.6 Å². The van der Waals surface area contributed by atoms with E-state index >= 15 is 0 Å². The second-order valence-corrected chi connectivity index (χ2v) is 11.2. The Kier molecular flexibility index (Phi) is 8.24. The Labute approximate surface area is 244 Å². The summed E-state index contributed by atoms with van der Waals surface area (Å²) in [6.07, 6.45) is -5.77. The van der Waals surface area contributed by atoms with Crippen LogP contribution in [0.5, 0.6) is 5.75 Å². The molecule has 230 valence electrons. The van der Waals surface area contributed by atoms with E-state index in [4.69, 9.17) is 4.74 Å². The average molecular weight is 608 g/mol. The molecule has 0 saturated carbocycles. The minimum absolute atomic E-state index is 0.0225. The number of carbonyl (C=O) groups is 2. The van der Waals surface area contributed by atoms with Gasteiger partial charge in [0.2, 0.25) is 11.8 Å². The van der Waals surface area contributed by atoms with Gasteiger partial charge in [-0.1, -0.05) is 43.2 Å². The molecule has 0 bridgehead atoms. The fourth-order valence-corrected chi connectivity index (χ4v) is 6.65. The fraction of sp³-hybridized carbons (Fsp3) is 0.438. The van der Waals surface area contributed by atoms with E-state index in [1.54, 1.807) is 18.2 Å². The van der Waals surface area contributed by atoms with Crippen molar-refractivity contribution in [2.24, 2.45) is 17.8 Å². The first-order chi connectivity index (χ1) is 20.2. The molecule has 4 atom stereocenters. The number of imide groups is 1. The maximum Gasteiger partial charge on any atom is 0.416 e. The monoisotopic (exact) mass is 607 g/mol. The quantitative estimate of drug-likeness (QED) is 0.197.